The van der Waals surface area contributed by atoms with Crippen LogP contribution in [0.25, 0.3) is 6.08 Å². The Kier molecular flexibility index (Phi) is 5.98. The largest absolute Gasteiger partial charge is 0.350 e. The molecule has 2 aromatic heterocycles. The van der Waals surface area contributed by atoms with Crippen molar-refractivity contribution in [3.8, 4) is 0 Å². The van der Waals surface area contributed by atoms with E-state index in [1.165, 1.54) is 18.6 Å². The maximum absolute atomic E-state index is 12.1. The minimum absolute atomic E-state index is 0.220. The fourth-order valence-electron chi connectivity index (χ4n) is 3.23. The number of amides is 3. The lowest BCUT2D eigenvalue weighted by Crippen LogP contribution is -2.39. The zero-order valence-corrected chi connectivity index (χ0v) is 16.8. The number of carbonyl (C=O) groups excluding carboxylic acids is 3. The van der Waals surface area contributed by atoms with Gasteiger partial charge < -0.3 is 10.2 Å². The van der Waals surface area contributed by atoms with Crippen LogP contribution >= 0.6 is 11.8 Å². The molecule has 0 radical (unpaired) electrons. The molecule has 2 aromatic rings. The second-order valence-electron chi connectivity index (χ2n) is 6.86. The lowest BCUT2D eigenvalue weighted by Gasteiger charge is -2.32. The van der Waals surface area contributed by atoms with Gasteiger partial charge in [-0.05, 0) is 42.7 Å². The van der Waals surface area contributed by atoms with E-state index in [0.717, 1.165) is 37.7 Å². The first kappa shape index (κ1) is 20.0. The lowest BCUT2D eigenvalue weighted by molar-refractivity contribution is -0.115. The number of carbonyl (C=O) groups is 3. The van der Waals surface area contributed by atoms with E-state index in [1.54, 1.807) is 18.3 Å². The number of aromatic nitrogens is 4. The number of hydrogen-bond acceptors (Lipinski definition) is 9. The summed E-state index contributed by atoms with van der Waals surface area (Å²) in [5.74, 6) is 0.314. The van der Waals surface area contributed by atoms with Crippen molar-refractivity contribution in [3.63, 3.8) is 0 Å². The van der Waals surface area contributed by atoms with Crippen molar-refractivity contribution in [1.29, 1.82) is 0 Å². The Morgan fingerprint density at radius 2 is 2.07 bits per heavy atom. The quantitative estimate of drug-likeness (QED) is 0.679. The Morgan fingerprint density at radius 1 is 1.23 bits per heavy atom. The van der Waals surface area contributed by atoms with Gasteiger partial charge in [-0.2, -0.15) is 0 Å². The topological polar surface area (TPSA) is 130 Å². The second kappa shape index (κ2) is 8.99. The number of piperidine rings is 1. The van der Waals surface area contributed by atoms with Crippen molar-refractivity contribution in [2.45, 2.75) is 12.8 Å². The van der Waals surface area contributed by atoms with Crippen LogP contribution in [0.5, 0.6) is 0 Å². The van der Waals surface area contributed by atoms with Gasteiger partial charge in [-0.1, -0.05) is 0 Å². The van der Waals surface area contributed by atoms with E-state index in [2.05, 4.69) is 35.5 Å². The highest BCUT2D eigenvalue weighted by molar-refractivity contribution is 8.18. The van der Waals surface area contributed by atoms with Crippen LogP contribution in [0, 0.1) is 5.92 Å². The highest BCUT2D eigenvalue weighted by Crippen LogP contribution is 2.26. The molecule has 0 spiro atoms. The van der Waals surface area contributed by atoms with Crippen molar-refractivity contribution in [1.82, 2.24) is 30.6 Å². The molecule has 0 saturated carbocycles. The van der Waals surface area contributed by atoms with E-state index in [-0.39, 0.29) is 11.1 Å². The number of imide groups is 1. The van der Waals surface area contributed by atoms with Crippen molar-refractivity contribution in [2.75, 3.05) is 24.5 Å². The smallest absolute Gasteiger partial charge is 0.290 e. The maximum atomic E-state index is 12.1. The van der Waals surface area contributed by atoms with E-state index in [4.69, 9.17) is 0 Å². The summed E-state index contributed by atoms with van der Waals surface area (Å²) in [6, 6.07) is 1.70. The SMILES string of the molecule is O=C1NC(=O)C(=Cc2ccnc(N3CCC(CNC(=O)c4cnccn4)CC3)n2)S1. The van der Waals surface area contributed by atoms with Crippen molar-refractivity contribution in [3.05, 3.63) is 47.1 Å². The highest BCUT2D eigenvalue weighted by atomic mass is 32.2. The van der Waals surface area contributed by atoms with Gasteiger partial charge in [0.15, 0.2) is 0 Å². The number of hydrogen-bond donors (Lipinski definition) is 2. The maximum Gasteiger partial charge on any atom is 0.290 e. The van der Waals surface area contributed by atoms with Gasteiger partial charge in [0.25, 0.3) is 17.1 Å². The summed E-state index contributed by atoms with van der Waals surface area (Å²) in [6.45, 7) is 2.11. The molecule has 154 valence electrons. The Morgan fingerprint density at radius 3 is 2.77 bits per heavy atom. The minimum atomic E-state index is -0.408. The van der Waals surface area contributed by atoms with Gasteiger partial charge in [-0.25, -0.2) is 15.0 Å². The zero-order valence-electron chi connectivity index (χ0n) is 15.9. The van der Waals surface area contributed by atoms with Crippen LogP contribution in [0.4, 0.5) is 10.7 Å². The van der Waals surface area contributed by atoms with Gasteiger partial charge in [0.05, 0.1) is 16.8 Å². The second-order valence-corrected chi connectivity index (χ2v) is 7.88. The normalized spacial score (nSPS) is 18.5. The molecule has 0 aromatic carbocycles. The molecule has 2 N–H and O–H groups in total. The van der Waals surface area contributed by atoms with Crippen molar-refractivity contribution < 1.29 is 14.4 Å². The predicted octanol–water partition coefficient (Wildman–Crippen LogP) is 1.24. The van der Waals surface area contributed by atoms with Crippen LogP contribution in [0.2, 0.25) is 0 Å². The molecule has 2 aliphatic rings. The molecule has 2 saturated heterocycles. The van der Waals surface area contributed by atoms with Gasteiger partial charge in [0, 0.05) is 38.2 Å². The van der Waals surface area contributed by atoms with Crippen LogP contribution in [0.15, 0.2) is 35.8 Å². The molecule has 2 aliphatic heterocycles. The fraction of sp³-hybridized carbons (Fsp3) is 0.316. The van der Waals surface area contributed by atoms with Gasteiger partial charge in [-0.15, -0.1) is 0 Å². The number of nitrogens with one attached hydrogen (secondary N) is 2. The molecule has 4 heterocycles. The summed E-state index contributed by atoms with van der Waals surface area (Å²) in [5.41, 5.74) is 0.885. The van der Waals surface area contributed by atoms with Gasteiger partial charge >= 0.3 is 0 Å². The summed E-state index contributed by atoms with van der Waals surface area (Å²) < 4.78 is 0. The van der Waals surface area contributed by atoms with Crippen LogP contribution in [0.1, 0.15) is 29.0 Å². The van der Waals surface area contributed by atoms with E-state index >= 15 is 0 Å². The first-order chi connectivity index (χ1) is 14.6. The standard InChI is InChI=1S/C19H19N7O3S/c27-16(14-11-20-5-6-21-14)23-10-12-2-7-26(8-3-12)18-22-4-1-13(24-18)9-15-17(28)25-19(29)30-15/h1,4-6,9,11-12H,2-3,7-8,10H2,(H,23,27)(H,25,28,29). The molecule has 0 atom stereocenters. The number of thioether (sulfide) groups is 1. The third-order valence-electron chi connectivity index (χ3n) is 4.83. The summed E-state index contributed by atoms with van der Waals surface area (Å²) in [6.07, 6.45) is 9.48. The minimum Gasteiger partial charge on any atom is -0.350 e. The average molecular weight is 425 g/mol. The Labute approximate surface area is 176 Å². The van der Waals surface area contributed by atoms with E-state index in [9.17, 15) is 14.4 Å². The van der Waals surface area contributed by atoms with Crippen LogP contribution < -0.4 is 15.5 Å². The Hall–Kier alpha value is -3.34. The highest BCUT2D eigenvalue weighted by Gasteiger charge is 2.26. The Bertz CT molecular complexity index is 991. The molecule has 4 rings (SSSR count). The lowest BCUT2D eigenvalue weighted by atomic mass is 9.97. The summed E-state index contributed by atoms with van der Waals surface area (Å²) in [7, 11) is 0. The van der Waals surface area contributed by atoms with Crippen molar-refractivity contribution >= 4 is 40.8 Å². The Balaban J connectivity index is 1.31. The molecular formula is C19H19N7O3S. The van der Waals surface area contributed by atoms with Gasteiger partial charge in [0.1, 0.15) is 5.69 Å². The summed E-state index contributed by atoms with van der Waals surface area (Å²) >= 11 is 0.861. The summed E-state index contributed by atoms with van der Waals surface area (Å²) in [5, 5.41) is 4.76. The van der Waals surface area contributed by atoms with Crippen LogP contribution in [0.3, 0.4) is 0 Å². The first-order valence-corrected chi connectivity index (χ1v) is 10.3. The molecule has 0 bridgehead atoms. The monoisotopic (exact) mass is 425 g/mol. The fourth-order valence-corrected chi connectivity index (χ4v) is 3.90. The third kappa shape index (κ3) is 4.79. The van der Waals surface area contributed by atoms with E-state index in [1.807, 2.05) is 0 Å². The molecule has 10 nitrogen and oxygen atoms in total. The molecule has 11 heteroatoms. The van der Waals surface area contributed by atoms with Crippen LogP contribution in [-0.2, 0) is 4.79 Å². The predicted molar refractivity (Wildman–Crippen MR) is 110 cm³/mol. The van der Waals surface area contributed by atoms with E-state index < -0.39 is 5.91 Å². The van der Waals surface area contributed by atoms with Gasteiger partial charge in [0.2, 0.25) is 5.95 Å². The number of nitrogens with zero attached hydrogens (tertiary/aromatic N) is 5. The average Bonchev–Trinajstić information content (AvgIpc) is 3.09. The molecular weight excluding hydrogens is 406 g/mol. The zero-order chi connectivity index (χ0) is 20.9. The van der Waals surface area contributed by atoms with Crippen LogP contribution in [-0.4, -0.2) is 56.6 Å². The molecule has 3 amide bonds. The van der Waals surface area contributed by atoms with Crippen molar-refractivity contribution in [2.24, 2.45) is 5.92 Å². The third-order valence-corrected chi connectivity index (χ3v) is 5.64. The first-order valence-electron chi connectivity index (χ1n) is 9.45. The summed E-state index contributed by atoms with van der Waals surface area (Å²) in [4.78, 5) is 54.2. The number of anilines is 1. The molecule has 30 heavy (non-hydrogen) atoms. The van der Waals surface area contributed by atoms with E-state index in [0.29, 0.717) is 34.7 Å². The number of rotatable bonds is 5. The molecule has 0 unspecified atom stereocenters. The molecule has 0 aliphatic carbocycles. The molecule has 2 fully saturated rings. The van der Waals surface area contributed by atoms with Gasteiger partial charge in [-0.3, -0.25) is 24.7 Å².